The normalized spacial score (nSPS) is 16.4. The Morgan fingerprint density at radius 1 is 1.55 bits per heavy atom. The summed E-state index contributed by atoms with van der Waals surface area (Å²) in [5.74, 6) is 0.593. The van der Waals surface area contributed by atoms with Gasteiger partial charge in [-0.3, -0.25) is 4.79 Å². The largest absolute Gasteiger partial charge is 0.391 e. The summed E-state index contributed by atoms with van der Waals surface area (Å²) < 4.78 is 0. The molecule has 1 heterocycles. The van der Waals surface area contributed by atoms with E-state index >= 15 is 0 Å². The first-order valence-electron chi connectivity index (χ1n) is 7.29. The third-order valence-corrected chi connectivity index (χ3v) is 3.77. The molecule has 1 amide bonds. The molecule has 1 aromatic heterocycles. The maximum Gasteiger partial charge on any atom is 0.251 e. The van der Waals surface area contributed by atoms with Crippen molar-refractivity contribution in [1.29, 1.82) is 0 Å². The van der Waals surface area contributed by atoms with Crippen molar-refractivity contribution in [3.63, 3.8) is 0 Å². The second-order valence-corrected chi connectivity index (χ2v) is 5.43. The Morgan fingerprint density at radius 3 is 2.90 bits per heavy atom. The van der Waals surface area contributed by atoms with Crippen LogP contribution < -0.4 is 10.6 Å². The number of carbonyl (C=O) groups is 1. The Balaban J connectivity index is 2.01. The van der Waals surface area contributed by atoms with Gasteiger partial charge < -0.3 is 15.7 Å². The molecule has 1 atom stereocenters. The van der Waals surface area contributed by atoms with Gasteiger partial charge in [-0.25, -0.2) is 4.98 Å². The van der Waals surface area contributed by atoms with E-state index < -0.39 is 6.10 Å². The molecule has 1 aromatic rings. The van der Waals surface area contributed by atoms with Crippen molar-refractivity contribution in [1.82, 2.24) is 10.3 Å². The number of pyridine rings is 1. The maximum atomic E-state index is 12.1. The highest BCUT2D eigenvalue weighted by atomic mass is 16.3. The minimum Gasteiger partial charge on any atom is -0.391 e. The molecule has 20 heavy (non-hydrogen) atoms. The molecule has 5 nitrogen and oxygen atoms in total. The number of hydrogen-bond donors (Lipinski definition) is 3. The fraction of sp³-hybridized carbons (Fsp3) is 0.600. The Hall–Kier alpha value is -1.62. The highest BCUT2D eigenvalue weighted by Crippen LogP contribution is 2.23. The van der Waals surface area contributed by atoms with E-state index in [0.29, 0.717) is 18.0 Å². The van der Waals surface area contributed by atoms with Crippen LogP contribution in [-0.2, 0) is 0 Å². The third-order valence-electron chi connectivity index (χ3n) is 3.77. The minimum absolute atomic E-state index is 0.158. The van der Waals surface area contributed by atoms with Gasteiger partial charge in [0.1, 0.15) is 5.82 Å². The Bertz CT molecular complexity index is 472. The monoisotopic (exact) mass is 277 g/mol. The SMILES string of the molecule is CC[C@@H](O)CNC(=O)c1cc(NC2CCC2)ncc1C. The lowest BCUT2D eigenvalue weighted by Gasteiger charge is -2.27. The molecule has 0 aliphatic heterocycles. The van der Waals surface area contributed by atoms with Gasteiger partial charge >= 0.3 is 0 Å². The van der Waals surface area contributed by atoms with Crippen molar-refractivity contribution >= 4 is 11.7 Å². The molecule has 1 saturated carbocycles. The number of aliphatic hydroxyl groups is 1. The van der Waals surface area contributed by atoms with E-state index in [1.807, 2.05) is 13.8 Å². The lowest BCUT2D eigenvalue weighted by atomic mass is 9.93. The van der Waals surface area contributed by atoms with Crippen LogP contribution in [0.3, 0.4) is 0 Å². The van der Waals surface area contributed by atoms with Gasteiger partial charge in [0, 0.05) is 24.3 Å². The Labute approximate surface area is 119 Å². The molecule has 0 radical (unpaired) electrons. The van der Waals surface area contributed by atoms with Crippen molar-refractivity contribution < 1.29 is 9.90 Å². The van der Waals surface area contributed by atoms with Gasteiger partial charge in [0.15, 0.2) is 0 Å². The Kier molecular flexibility index (Phi) is 4.95. The number of aromatic nitrogens is 1. The second kappa shape index (κ2) is 6.70. The van der Waals surface area contributed by atoms with Gasteiger partial charge in [0.05, 0.1) is 6.10 Å². The molecule has 1 aliphatic carbocycles. The van der Waals surface area contributed by atoms with E-state index in [9.17, 15) is 9.90 Å². The minimum atomic E-state index is -0.492. The first kappa shape index (κ1) is 14.8. The van der Waals surface area contributed by atoms with Gasteiger partial charge in [0.25, 0.3) is 5.91 Å². The standard InChI is InChI=1S/C15H23N3O2/c1-3-12(19)9-17-15(20)13-7-14(16-8-10(13)2)18-11-5-4-6-11/h7-8,11-12,19H,3-6,9H2,1-2H3,(H,16,18)(H,17,20)/t12-/m1/s1. The number of carbonyl (C=O) groups excluding carboxylic acids is 1. The second-order valence-electron chi connectivity index (χ2n) is 5.43. The van der Waals surface area contributed by atoms with Crippen molar-refractivity contribution in [3.05, 3.63) is 23.4 Å². The predicted molar refractivity (Wildman–Crippen MR) is 78.9 cm³/mol. The van der Waals surface area contributed by atoms with Gasteiger partial charge in [-0.05, 0) is 44.2 Å². The molecule has 0 saturated heterocycles. The van der Waals surface area contributed by atoms with E-state index in [2.05, 4.69) is 15.6 Å². The summed E-state index contributed by atoms with van der Waals surface area (Å²) in [6, 6.07) is 2.28. The molecular formula is C15H23N3O2. The number of amides is 1. The van der Waals surface area contributed by atoms with Crippen molar-refractivity contribution in [3.8, 4) is 0 Å². The molecular weight excluding hydrogens is 254 g/mol. The molecule has 1 aliphatic rings. The lowest BCUT2D eigenvalue weighted by Crippen LogP contribution is -2.32. The first-order valence-corrected chi connectivity index (χ1v) is 7.29. The number of nitrogens with one attached hydrogen (secondary N) is 2. The van der Waals surface area contributed by atoms with Crippen molar-refractivity contribution in [2.24, 2.45) is 0 Å². The van der Waals surface area contributed by atoms with Crippen LogP contribution in [0.15, 0.2) is 12.3 Å². The van der Waals surface area contributed by atoms with E-state index in [1.54, 1.807) is 12.3 Å². The summed E-state index contributed by atoms with van der Waals surface area (Å²) in [4.78, 5) is 16.4. The van der Waals surface area contributed by atoms with E-state index in [4.69, 9.17) is 0 Å². The zero-order valence-electron chi connectivity index (χ0n) is 12.1. The molecule has 0 unspecified atom stereocenters. The summed E-state index contributed by atoms with van der Waals surface area (Å²) in [5, 5.41) is 15.6. The molecule has 110 valence electrons. The first-order chi connectivity index (χ1) is 9.60. The van der Waals surface area contributed by atoms with Crippen LogP contribution in [0.25, 0.3) is 0 Å². The molecule has 3 N–H and O–H groups in total. The van der Waals surface area contributed by atoms with Crippen LogP contribution in [0.2, 0.25) is 0 Å². The van der Waals surface area contributed by atoms with Crippen LogP contribution in [0, 0.1) is 6.92 Å². The number of rotatable bonds is 6. The van der Waals surface area contributed by atoms with E-state index in [-0.39, 0.29) is 12.5 Å². The maximum absolute atomic E-state index is 12.1. The lowest BCUT2D eigenvalue weighted by molar-refractivity contribution is 0.0913. The van der Waals surface area contributed by atoms with Crippen molar-refractivity contribution in [2.45, 2.75) is 51.7 Å². The summed E-state index contributed by atoms with van der Waals surface area (Å²) >= 11 is 0. The zero-order chi connectivity index (χ0) is 14.5. The summed E-state index contributed by atoms with van der Waals surface area (Å²) in [6.45, 7) is 4.03. The molecule has 5 heteroatoms. The summed E-state index contributed by atoms with van der Waals surface area (Å²) in [7, 11) is 0. The predicted octanol–water partition coefficient (Wildman–Crippen LogP) is 1.86. The number of nitrogens with zero attached hydrogens (tertiary/aromatic N) is 1. The van der Waals surface area contributed by atoms with Crippen LogP contribution in [-0.4, -0.2) is 34.7 Å². The van der Waals surface area contributed by atoms with E-state index in [1.165, 1.54) is 19.3 Å². The van der Waals surface area contributed by atoms with Gasteiger partial charge in [0.2, 0.25) is 0 Å². The molecule has 2 rings (SSSR count). The third kappa shape index (κ3) is 3.70. The highest BCUT2D eigenvalue weighted by molar-refractivity contribution is 5.96. The zero-order valence-corrected chi connectivity index (χ0v) is 12.1. The summed E-state index contributed by atoms with van der Waals surface area (Å²) in [5.41, 5.74) is 1.46. The van der Waals surface area contributed by atoms with Gasteiger partial charge in [-0.2, -0.15) is 0 Å². The number of hydrogen-bond acceptors (Lipinski definition) is 4. The smallest absolute Gasteiger partial charge is 0.251 e. The summed E-state index contributed by atoms with van der Waals surface area (Å²) in [6.07, 6.45) is 5.44. The molecule has 0 aromatic carbocycles. The van der Waals surface area contributed by atoms with Crippen LogP contribution in [0.5, 0.6) is 0 Å². The van der Waals surface area contributed by atoms with Crippen molar-refractivity contribution in [2.75, 3.05) is 11.9 Å². The number of aliphatic hydroxyl groups excluding tert-OH is 1. The van der Waals surface area contributed by atoms with Gasteiger partial charge in [-0.15, -0.1) is 0 Å². The molecule has 0 spiro atoms. The average Bonchev–Trinajstić information content (AvgIpc) is 2.41. The van der Waals surface area contributed by atoms with Crippen LogP contribution >= 0.6 is 0 Å². The molecule has 0 bridgehead atoms. The highest BCUT2D eigenvalue weighted by Gasteiger charge is 2.18. The topological polar surface area (TPSA) is 74.2 Å². The quantitative estimate of drug-likeness (QED) is 0.742. The Morgan fingerprint density at radius 2 is 2.30 bits per heavy atom. The number of aryl methyl sites for hydroxylation is 1. The average molecular weight is 277 g/mol. The molecule has 1 fully saturated rings. The van der Waals surface area contributed by atoms with Gasteiger partial charge in [-0.1, -0.05) is 6.92 Å². The fourth-order valence-corrected chi connectivity index (χ4v) is 2.06. The number of anilines is 1. The van der Waals surface area contributed by atoms with Crippen LogP contribution in [0.1, 0.15) is 48.5 Å². The fourth-order valence-electron chi connectivity index (χ4n) is 2.06. The van der Waals surface area contributed by atoms with Crippen LogP contribution in [0.4, 0.5) is 5.82 Å². The van der Waals surface area contributed by atoms with E-state index in [0.717, 1.165) is 11.4 Å².